The van der Waals surface area contributed by atoms with Crippen LogP contribution < -0.4 is 10.6 Å². The van der Waals surface area contributed by atoms with Gasteiger partial charge in [0.25, 0.3) is 0 Å². The molecule has 0 amide bonds. The third kappa shape index (κ3) is 3.19. The smallest absolute Gasteiger partial charge is 0.103 e. The highest BCUT2D eigenvalue weighted by molar-refractivity contribution is 9.10. The molecule has 0 spiro atoms. The van der Waals surface area contributed by atoms with E-state index in [-0.39, 0.29) is 6.10 Å². The quantitative estimate of drug-likeness (QED) is 0.892. The van der Waals surface area contributed by atoms with E-state index in [1.807, 2.05) is 18.2 Å². The van der Waals surface area contributed by atoms with Gasteiger partial charge in [0.1, 0.15) is 6.07 Å². The Labute approximate surface area is 109 Å². The zero-order valence-corrected chi connectivity index (χ0v) is 11.0. The number of benzene rings is 1. The normalized spacial score (nSPS) is 19.6. The Balaban J connectivity index is 1.99. The molecule has 90 valence electrons. The highest BCUT2D eigenvalue weighted by Crippen LogP contribution is 2.23. The lowest BCUT2D eigenvalue weighted by molar-refractivity contribution is 0.0372. The van der Waals surface area contributed by atoms with E-state index in [9.17, 15) is 0 Å². The summed E-state index contributed by atoms with van der Waals surface area (Å²) in [5.74, 6) is 0. The summed E-state index contributed by atoms with van der Waals surface area (Å²) in [5.41, 5.74) is 1.48. The van der Waals surface area contributed by atoms with Gasteiger partial charge in [-0.2, -0.15) is 5.26 Å². The Bertz CT molecular complexity index is 424. The van der Waals surface area contributed by atoms with Crippen LogP contribution in [-0.4, -0.2) is 32.3 Å². The van der Waals surface area contributed by atoms with E-state index < -0.39 is 0 Å². The first-order valence-corrected chi connectivity index (χ1v) is 6.35. The van der Waals surface area contributed by atoms with E-state index in [0.717, 1.165) is 29.9 Å². The molecule has 1 heterocycles. The average Bonchev–Trinajstić information content (AvgIpc) is 2.37. The lowest BCUT2D eigenvalue weighted by Gasteiger charge is -2.24. The second-order valence-electron chi connectivity index (χ2n) is 3.85. The first-order chi connectivity index (χ1) is 8.31. The van der Waals surface area contributed by atoms with Crippen LogP contribution in [-0.2, 0) is 4.74 Å². The molecule has 1 atom stereocenters. The molecule has 2 N–H and O–H groups in total. The second kappa shape index (κ2) is 6.01. The highest BCUT2D eigenvalue weighted by atomic mass is 79.9. The van der Waals surface area contributed by atoms with Crippen LogP contribution in [0.1, 0.15) is 5.56 Å². The highest BCUT2D eigenvalue weighted by Gasteiger charge is 2.14. The van der Waals surface area contributed by atoms with Crippen LogP contribution in [0.2, 0.25) is 0 Å². The van der Waals surface area contributed by atoms with Crippen LogP contribution >= 0.6 is 15.9 Å². The molecule has 1 aliphatic heterocycles. The number of anilines is 1. The van der Waals surface area contributed by atoms with Crippen LogP contribution in [0.3, 0.4) is 0 Å². The molecule has 1 saturated heterocycles. The molecule has 1 unspecified atom stereocenters. The number of ether oxygens (including phenoxy) is 1. The van der Waals surface area contributed by atoms with Gasteiger partial charge in [0.15, 0.2) is 0 Å². The molecule has 4 nitrogen and oxygen atoms in total. The topological polar surface area (TPSA) is 57.1 Å². The van der Waals surface area contributed by atoms with Gasteiger partial charge in [-0.1, -0.05) is 6.07 Å². The van der Waals surface area contributed by atoms with Gasteiger partial charge in [0.2, 0.25) is 0 Å². The van der Waals surface area contributed by atoms with E-state index in [0.29, 0.717) is 12.1 Å². The van der Waals surface area contributed by atoms with Crippen molar-refractivity contribution >= 4 is 21.6 Å². The molecule has 1 aliphatic rings. The third-order valence-corrected chi connectivity index (χ3v) is 3.31. The summed E-state index contributed by atoms with van der Waals surface area (Å²) in [7, 11) is 0. The summed E-state index contributed by atoms with van der Waals surface area (Å²) < 4.78 is 6.40. The van der Waals surface area contributed by atoms with Crippen molar-refractivity contribution in [1.82, 2.24) is 5.32 Å². The van der Waals surface area contributed by atoms with E-state index in [1.54, 1.807) is 0 Å². The van der Waals surface area contributed by atoms with Crippen LogP contribution in [0.15, 0.2) is 22.7 Å². The number of halogens is 1. The molecule has 0 saturated carbocycles. The molecule has 1 aromatic rings. The second-order valence-corrected chi connectivity index (χ2v) is 4.71. The van der Waals surface area contributed by atoms with Crippen molar-refractivity contribution in [1.29, 1.82) is 5.26 Å². The zero-order valence-electron chi connectivity index (χ0n) is 9.37. The molecule has 17 heavy (non-hydrogen) atoms. The minimum absolute atomic E-state index is 0.161. The van der Waals surface area contributed by atoms with Gasteiger partial charge < -0.3 is 15.4 Å². The van der Waals surface area contributed by atoms with E-state index in [1.165, 1.54) is 0 Å². The molecule has 2 rings (SSSR count). The van der Waals surface area contributed by atoms with Crippen molar-refractivity contribution in [2.75, 3.05) is 31.6 Å². The van der Waals surface area contributed by atoms with Gasteiger partial charge in [-0.15, -0.1) is 0 Å². The Morgan fingerprint density at radius 2 is 2.47 bits per heavy atom. The molecular formula is C12H14BrN3O. The van der Waals surface area contributed by atoms with Crippen molar-refractivity contribution in [3.63, 3.8) is 0 Å². The maximum atomic E-state index is 9.07. The molecular weight excluding hydrogens is 282 g/mol. The number of rotatable bonds is 3. The van der Waals surface area contributed by atoms with Gasteiger partial charge in [-0.3, -0.25) is 0 Å². The fourth-order valence-electron chi connectivity index (χ4n) is 1.76. The molecule has 5 heteroatoms. The van der Waals surface area contributed by atoms with Gasteiger partial charge in [-0.25, -0.2) is 0 Å². The Kier molecular flexibility index (Phi) is 4.37. The predicted octanol–water partition coefficient (Wildman–Crippen LogP) is 1.72. The number of hydrogen-bond acceptors (Lipinski definition) is 4. The Hall–Kier alpha value is -1.09. The van der Waals surface area contributed by atoms with Crippen LogP contribution in [0.4, 0.5) is 5.69 Å². The SMILES string of the molecule is N#Cc1c(Br)cccc1NCC1CNCCO1. The van der Waals surface area contributed by atoms with Crippen molar-refractivity contribution < 1.29 is 4.74 Å². The number of nitrogens with zero attached hydrogens (tertiary/aromatic N) is 1. The van der Waals surface area contributed by atoms with Gasteiger partial charge >= 0.3 is 0 Å². The van der Waals surface area contributed by atoms with E-state index >= 15 is 0 Å². The lowest BCUT2D eigenvalue weighted by Crippen LogP contribution is -2.42. The third-order valence-electron chi connectivity index (χ3n) is 2.65. The minimum Gasteiger partial charge on any atom is -0.381 e. The Morgan fingerprint density at radius 1 is 1.59 bits per heavy atom. The van der Waals surface area contributed by atoms with E-state index in [4.69, 9.17) is 10.00 Å². The number of nitrogens with one attached hydrogen (secondary N) is 2. The maximum absolute atomic E-state index is 9.07. The van der Waals surface area contributed by atoms with Gasteiger partial charge in [-0.05, 0) is 28.1 Å². The summed E-state index contributed by atoms with van der Waals surface area (Å²) in [6, 6.07) is 7.86. The van der Waals surface area contributed by atoms with Gasteiger partial charge in [0, 0.05) is 24.1 Å². The summed E-state index contributed by atoms with van der Waals surface area (Å²) in [5, 5.41) is 15.6. The predicted molar refractivity (Wildman–Crippen MR) is 70.0 cm³/mol. The van der Waals surface area contributed by atoms with Crippen LogP contribution in [0.25, 0.3) is 0 Å². The lowest BCUT2D eigenvalue weighted by atomic mass is 10.2. The molecule has 0 radical (unpaired) electrons. The van der Waals surface area contributed by atoms with Crippen molar-refractivity contribution in [2.45, 2.75) is 6.10 Å². The van der Waals surface area contributed by atoms with E-state index in [2.05, 4.69) is 32.6 Å². The van der Waals surface area contributed by atoms with Crippen LogP contribution in [0.5, 0.6) is 0 Å². The number of morpholine rings is 1. The molecule has 1 fully saturated rings. The number of hydrogen-bond donors (Lipinski definition) is 2. The summed E-state index contributed by atoms with van der Waals surface area (Å²) >= 11 is 3.37. The maximum Gasteiger partial charge on any atom is 0.103 e. The molecule has 0 bridgehead atoms. The van der Waals surface area contributed by atoms with Gasteiger partial charge in [0.05, 0.1) is 24.0 Å². The monoisotopic (exact) mass is 295 g/mol. The molecule has 0 aromatic heterocycles. The zero-order chi connectivity index (χ0) is 12.1. The molecule has 0 aliphatic carbocycles. The largest absolute Gasteiger partial charge is 0.381 e. The fraction of sp³-hybridized carbons (Fsp3) is 0.417. The first-order valence-electron chi connectivity index (χ1n) is 5.56. The molecule has 1 aromatic carbocycles. The fourth-order valence-corrected chi connectivity index (χ4v) is 2.21. The summed E-state index contributed by atoms with van der Waals surface area (Å²) in [6.45, 7) is 3.22. The standard InChI is InChI=1S/C12H14BrN3O/c13-11-2-1-3-12(10(11)6-14)16-8-9-7-15-4-5-17-9/h1-3,9,15-16H,4-5,7-8H2. The van der Waals surface area contributed by atoms with Crippen molar-refractivity contribution in [3.8, 4) is 6.07 Å². The van der Waals surface area contributed by atoms with Crippen LogP contribution in [0, 0.1) is 11.3 Å². The average molecular weight is 296 g/mol. The first kappa shape index (κ1) is 12.4. The summed E-state index contributed by atoms with van der Waals surface area (Å²) in [4.78, 5) is 0. The van der Waals surface area contributed by atoms with Crippen molar-refractivity contribution in [3.05, 3.63) is 28.2 Å². The summed E-state index contributed by atoms with van der Waals surface area (Å²) in [6.07, 6.45) is 0.161. The van der Waals surface area contributed by atoms with Crippen molar-refractivity contribution in [2.24, 2.45) is 0 Å². The Morgan fingerprint density at radius 3 is 3.18 bits per heavy atom. The number of nitriles is 1. The minimum atomic E-state index is 0.161.